The summed E-state index contributed by atoms with van der Waals surface area (Å²) in [5.41, 5.74) is 4.87. The number of methoxy groups -OCH3 is 1. The van der Waals surface area contributed by atoms with Crippen LogP contribution in [0.25, 0.3) is 27.7 Å². The van der Waals surface area contributed by atoms with E-state index in [1.54, 1.807) is 19.5 Å². The van der Waals surface area contributed by atoms with Gasteiger partial charge in [0.1, 0.15) is 0 Å². The number of aromatic nitrogens is 5. The maximum Gasteiger partial charge on any atom is 0.241 e. The Bertz CT molecular complexity index is 1090. The van der Waals surface area contributed by atoms with E-state index >= 15 is 0 Å². The molecule has 0 aliphatic heterocycles. The molecule has 0 bridgehead atoms. The minimum absolute atomic E-state index is 0.352. The van der Waals surface area contributed by atoms with E-state index in [4.69, 9.17) is 4.74 Å². The molecule has 1 fully saturated rings. The average Bonchev–Trinajstić information content (AvgIpc) is 3.07. The molecule has 1 aliphatic carbocycles. The van der Waals surface area contributed by atoms with E-state index in [1.165, 1.54) is 0 Å². The monoisotopic (exact) mass is 346 g/mol. The van der Waals surface area contributed by atoms with Crippen molar-refractivity contribution in [3.8, 4) is 11.1 Å². The largest absolute Gasteiger partial charge is 0.381 e. The van der Waals surface area contributed by atoms with Crippen molar-refractivity contribution in [2.24, 2.45) is 0 Å². The maximum absolute atomic E-state index is 5.31. The summed E-state index contributed by atoms with van der Waals surface area (Å²) in [5.74, 6) is 0.642. The lowest BCUT2D eigenvalue weighted by molar-refractivity contribution is 0.0326. The Kier molecular flexibility index (Phi) is 3.53. The van der Waals surface area contributed by atoms with Crippen LogP contribution < -0.4 is 5.32 Å². The zero-order chi connectivity index (χ0) is 17.5. The van der Waals surface area contributed by atoms with Crippen LogP contribution >= 0.6 is 0 Å². The van der Waals surface area contributed by atoms with Gasteiger partial charge in [0.2, 0.25) is 5.95 Å². The van der Waals surface area contributed by atoms with Crippen molar-refractivity contribution in [2.45, 2.75) is 25.0 Å². The Morgan fingerprint density at radius 1 is 1.08 bits per heavy atom. The predicted molar refractivity (Wildman–Crippen MR) is 99.0 cm³/mol. The second-order valence-electron chi connectivity index (χ2n) is 6.57. The fourth-order valence-corrected chi connectivity index (χ4v) is 3.40. The van der Waals surface area contributed by atoms with Gasteiger partial charge >= 0.3 is 0 Å². The van der Waals surface area contributed by atoms with Gasteiger partial charge in [0.05, 0.1) is 28.9 Å². The fourth-order valence-electron chi connectivity index (χ4n) is 3.40. The number of benzene rings is 1. The summed E-state index contributed by atoms with van der Waals surface area (Å²) in [5, 5.41) is 7.95. The zero-order valence-corrected chi connectivity index (χ0v) is 14.3. The van der Waals surface area contributed by atoms with Crippen LogP contribution in [0.1, 0.15) is 12.8 Å². The number of nitrogens with zero attached hydrogens (tertiary/aromatic N) is 5. The second kappa shape index (κ2) is 6.03. The molecule has 3 aromatic heterocycles. The molecule has 3 heterocycles. The van der Waals surface area contributed by atoms with Gasteiger partial charge in [-0.3, -0.25) is 9.97 Å². The Labute approximate surface area is 150 Å². The van der Waals surface area contributed by atoms with E-state index in [1.807, 2.05) is 29.0 Å². The topological polar surface area (TPSA) is 77.2 Å². The minimum atomic E-state index is 0.352. The van der Waals surface area contributed by atoms with Gasteiger partial charge in [-0.05, 0) is 36.6 Å². The van der Waals surface area contributed by atoms with Crippen LogP contribution in [0.3, 0.4) is 0 Å². The molecule has 0 radical (unpaired) electrons. The summed E-state index contributed by atoms with van der Waals surface area (Å²) in [6.07, 6.45) is 9.56. The molecule has 1 saturated carbocycles. The summed E-state index contributed by atoms with van der Waals surface area (Å²) >= 11 is 0. The van der Waals surface area contributed by atoms with Crippen LogP contribution in [0.2, 0.25) is 0 Å². The van der Waals surface area contributed by atoms with Crippen molar-refractivity contribution in [1.29, 1.82) is 0 Å². The molecule has 1 aliphatic rings. The van der Waals surface area contributed by atoms with Gasteiger partial charge in [0.15, 0.2) is 0 Å². The Morgan fingerprint density at radius 2 is 1.92 bits per heavy atom. The van der Waals surface area contributed by atoms with Gasteiger partial charge < -0.3 is 10.1 Å². The summed E-state index contributed by atoms with van der Waals surface area (Å²) < 4.78 is 7.17. The zero-order valence-electron chi connectivity index (χ0n) is 14.3. The highest BCUT2D eigenvalue weighted by Crippen LogP contribution is 2.28. The standard InChI is InChI=1S/C19H18N6O/c1-26-14-9-13(10-14)23-19-22-11-18-15(4-7-25(18)24-19)12-2-3-16-17(8-12)21-6-5-20-16/h2-8,11,13-14H,9-10H2,1H3,(H,23,24)/t13-,14-. The van der Waals surface area contributed by atoms with Gasteiger partial charge in [0.25, 0.3) is 0 Å². The number of hydrogen-bond donors (Lipinski definition) is 1. The average molecular weight is 346 g/mol. The molecular formula is C19H18N6O. The molecule has 0 saturated heterocycles. The van der Waals surface area contributed by atoms with Crippen LogP contribution in [0.15, 0.2) is 49.1 Å². The second-order valence-corrected chi connectivity index (χ2v) is 6.57. The van der Waals surface area contributed by atoms with Crippen molar-refractivity contribution in [3.05, 3.63) is 49.1 Å². The van der Waals surface area contributed by atoms with E-state index in [2.05, 4.69) is 37.5 Å². The first kappa shape index (κ1) is 15.2. The summed E-state index contributed by atoms with van der Waals surface area (Å²) in [6, 6.07) is 8.52. The van der Waals surface area contributed by atoms with E-state index < -0.39 is 0 Å². The molecule has 26 heavy (non-hydrogen) atoms. The van der Waals surface area contributed by atoms with Crippen LogP contribution in [0.5, 0.6) is 0 Å². The SMILES string of the molecule is CO[C@H]1C[C@H](Nc2ncc3c(-c4ccc5nccnc5c4)ccn3n2)C1. The lowest BCUT2D eigenvalue weighted by atomic mass is 9.89. The molecule has 130 valence electrons. The van der Waals surface area contributed by atoms with Crippen molar-refractivity contribution in [2.75, 3.05) is 12.4 Å². The van der Waals surface area contributed by atoms with Crippen molar-refractivity contribution in [3.63, 3.8) is 0 Å². The maximum atomic E-state index is 5.31. The first-order valence-corrected chi connectivity index (χ1v) is 8.65. The lowest BCUT2D eigenvalue weighted by Gasteiger charge is -2.34. The van der Waals surface area contributed by atoms with Crippen LogP contribution in [-0.2, 0) is 4.74 Å². The highest BCUT2D eigenvalue weighted by Gasteiger charge is 2.29. The van der Waals surface area contributed by atoms with Gasteiger partial charge in [0, 0.05) is 37.3 Å². The van der Waals surface area contributed by atoms with Crippen LogP contribution in [0.4, 0.5) is 5.95 Å². The van der Waals surface area contributed by atoms with E-state index in [0.29, 0.717) is 18.1 Å². The van der Waals surface area contributed by atoms with Crippen molar-refractivity contribution >= 4 is 22.5 Å². The lowest BCUT2D eigenvalue weighted by Crippen LogP contribution is -2.40. The van der Waals surface area contributed by atoms with Crippen LogP contribution in [-0.4, -0.2) is 43.8 Å². The Balaban J connectivity index is 1.45. The number of nitrogens with one attached hydrogen (secondary N) is 1. The molecule has 1 aromatic carbocycles. The summed E-state index contributed by atoms with van der Waals surface area (Å²) in [6.45, 7) is 0. The third-order valence-electron chi connectivity index (χ3n) is 4.96. The highest BCUT2D eigenvalue weighted by molar-refractivity contribution is 5.86. The molecule has 4 aromatic rings. The van der Waals surface area contributed by atoms with Gasteiger partial charge in [-0.2, -0.15) is 0 Å². The minimum Gasteiger partial charge on any atom is -0.381 e. The number of ether oxygens (including phenoxy) is 1. The number of anilines is 1. The molecule has 0 amide bonds. The highest BCUT2D eigenvalue weighted by atomic mass is 16.5. The summed E-state index contributed by atoms with van der Waals surface area (Å²) in [7, 11) is 1.75. The van der Waals surface area contributed by atoms with Gasteiger partial charge in [-0.15, -0.1) is 5.10 Å². The number of rotatable bonds is 4. The first-order chi connectivity index (χ1) is 12.8. The van der Waals surface area contributed by atoms with E-state index in [-0.39, 0.29) is 0 Å². The molecular weight excluding hydrogens is 328 g/mol. The summed E-state index contributed by atoms with van der Waals surface area (Å²) in [4.78, 5) is 13.2. The Morgan fingerprint density at radius 3 is 2.77 bits per heavy atom. The molecule has 0 atom stereocenters. The van der Waals surface area contributed by atoms with Crippen LogP contribution in [0, 0.1) is 0 Å². The van der Waals surface area contributed by atoms with Gasteiger partial charge in [-0.25, -0.2) is 9.50 Å². The Hall–Kier alpha value is -3.06. The quantitative estimate of drug-likeness (QED) is 0.612. The molecule has 0 unspecified atom stereocenters. The molecule has 7 nitrogen and oxygen atoms in total. The smallest absolute Gasteiger partial charge is 0.241 e. The third-order valence-corrected chi connectivity index (χ3v) is 4.96. The van der Waals surface area contributed by atoms with Gasteiger partial charge in [-0.1, -0.05) is 6.07 Å². The normalized spacial score (nSPS) is 19.6. The van der Waals surface area contributed by atoms with Crippen molar-refractivity contribution in [1.82, 2.24) is 24.6 Å². The number of hydrogen-bond acceptors (Lipinski definition) is 6. The third kappa shape index (κ3) is 2.57. The molecule has 5 rings (SSSR count). The van der Waals surface area contributed by atoms with Crippen molar-refractivity contribution < 1.29 is 4.74 Å². The van der Waals surface area contributed by atoms with E-state index in [9.17, 15) is 0 Å². The predicted octanol–water partition coefficient (Wildman–Crippen LogP) is 2.93. The molecule has 1 N–H and O–H groups in total. The molecule has 7 heteroatoms. The first-order valence-electron chi connectivity index (χ1n) is 8.65. The fraction of sp³-hybridized carbons (Fsp3) is 0.263. The molecule has 0 spiro atoms. The number of fused-ring (bicyclic) bond motifs is 2. The van der Waals surface area contributed by atoms with E-state index in [0.717, 1.165) is 40.5 Å².